The number of ether oxygens (including phenoxy) is 1. The number of carbonyl (C=O) groups excluding carboxylic acids is 1. The van der Waals surface area contributed by atoms with Crippen LogP contribution in [-0.2, 0) is 11.2 Å². The first-order chi connectivity index (χ1) is 10.9. The second-order valence-corrected chi connectivity index (χ2v) is 6.35. The fourth-order valence-electron chi connectivity index (χ4n) is 3.03. The molecule has 1 amide bonds. The Morgan fingerprint density at radius 2 is 2.13 bits per heavy atom. The topological polar surface area (TPSA) is 58.6 Å². The zero-order valence-corrected chi connectivity index (χ0v) is 13.2. The first-order valence-electron chi connectivity index (χ1n) is 7.87. The van der Waals surface area contributed by atoms with Crippen molar-refractivity contribution < 1.29 is 23.4 Å². The molecule has 1 aromatic rings. The van der Waals surface area contributed by atoms with Gasteiger partial charge in [-0.2, -0.15) is 8.78 Å². The fraction of sp³-hybridized carbons (Fsp3) is 0.588. The van der Waals surface area contributed by atoms with Gasteiger partial charge in [0, 0.05) is 17.9 Å². The summed E-state index contributed by atoms with van der Waals surface area (Å²) < 4.78 is 28.4. The van der Waals surface area contributed by atoms with Crippen LogP contribution in [0.2, 0.25) is 0 Å². The van der Waals surface area contributed by atoms with Gasteiger partial charge in [-0.1, -0.05) is 25.5 Å². The van der Waals surface area contributed by atoms with Gasteiger partial charge in [0.1, 0.15) is 5.75 Å². The van der Waals surface area contributed by atoms with E-state index < -0.39 is 6.61 Å². The van der Waals surface area contributed by atoms with Gasteiger partial charge in [-0.05, 0) is 37.0 Å². The summed E-state index contributed by atoms with van der Waals surface area (Å²) in [6.45, 7) is -0.769. The molecule has 2 atom stereocenters. The molecule has 6 heteroatoms. The summed E-state index contributed by atoms with van der Waals surface area (Å²) in [6.07, 6.45) is 3.67. The van der Waals surface area contributed by atoms with Gasteiger partial charge in [0.05, 0.1) is 6.61 Å². The van der Waals surface area contributed by atoms with E-state index in [0.717, 1.165) is 24.8 Å². The van der Waals surface area contributed by atoms with Crippen molar-refractivity contribution in [1.29, 1.82) is 0 Å². The van der Waals surface area contributed by atoms with Gasteiger partial charge in [0.2, 0.25) is 5.91 Å². The SMILES string of the molecule is CC1(CO)CCCC1NC(=O)CCc1ccc(OC(F)F)cc1. The van der Waals surface area contributed by atoms with E-state index in [9.17, 15) is 18.7 Å². The van der Waals surface area contributed by atoms with Crippen LogP contribution in [0.4, 0.5) is 8.78 Å². The number of alkyl halides is 2. The predicted octanol–water partition coefficient (Wildman–Crippen LogP) is 2.89. The van der Waals surface area contributed by atoms with E-state index in [0.29, 0.717) is 12.8 Å². The minimum atomic E-state index is -2.83. The van der Waals surface area contributed by atoms with Crippen molar-refractivity contribution in [3.05, 3.63) is 29.8 Å². The summed E-state index contributed by atoms with van der Waals surface area (Å²) in [5, 5.41) is 12.5. The fourth-order valence-corrected chi connectivity index (χ4v) is 3.03. The molecule has 1 aromatic carbocycles. The second kappa shape index (κ2) is 7.73. The summed E-state index contributed by atoms with van der Waals surface area (Å²) in [7, 11) is 0. The largest absolute Gasteiger partial charge is 0.435 e. The quantitative estimate of drug-likeness (QED) is 0.809. The van der Waals surface area contributed by atoms with Gasteiger partial charge in [0.15, 0.2) is 0 Å². The third-order valence-corrected chi connectivity index (χ3v) is 4.57. The number of aliphatic hydroxyl groups excluding tert-OH is 1. The normalized spacial score (nSPS) is 24.0. The molecule has 128 valence electrons. The zero-order chi connectivity index (χ0) is 16.9. The maximum Gasteiger partial charge on any atom is 0.387 e. The molecule has 0 bridgehead atoms. The highest BCUT2D eigenvalue weighted by Crippen LogP contribution is 2.37. The van der Waals surface area contributed by atoms with Crippen LogP contribution in [0.15, 0.2) is 24.3 Å². The molecule has 1 saturated carbocycles. The lowest BCUT2D eigenvalue weighted by atomic mass is 9.85. The molecule has 0 aromatic heterocycles. The summed E-state index contributed by atoms with van der Waals surface area (Å²) in [5.74, 6) is 0.0577. The maximum atomic E-state index is 12.1. The van der Waals surface area contributed by atoms with Gasteiger partial charge < -0.3 is 15.2 Å². The lowest BCUT2D eigenvalue weighted by molar-refractivity contribution is -0.122. The monoisotopic (exact) mass is 327 g/mol. The van der Waals surface area contributed by atoms with Gasteiger partial charge in [-0.15, -0.1) is 0 Å². The van der Waals surface area contributed by atoms with Crippen LogP contribution >= 0.6 is 0 Å². The first kappa shape index (κ1) is 17.7. The molecule has 1 aliphatic rings. The van der Waals surface area contributed by atoms with Crippen molar-refractivity contribution >= 4 is 5.91 Å². The Morgan fingerprint density at radius 1 is 1.43 bits per heavy atom. The van der Waals surface area contributed by atoms with Crippen LogP contribution in [0.1, 0.15) is 38.2 Å². The van der Waals surface area contributed by atoms with E-state index in [1.807, 2.05) is 6.92 Å². The minimum absolute atomic E-state index is 0.0156. The van der Waals surface area contributed by atoms with Crippen LogP contribution in [0, 0.1) is 5.41 Å². The summed E-state index contributed by atoms with van der Waals surface area (Å²) in [4.78, 5) is 12.1. The number of aliphatic hydroxyl groups is 1. The van der Waals surface area contributed by atoms with Crippen molar-refractivity contribution in [2.45, 2.75) is 51.7 Å². The average Bonchev–Trinajstić information content (AvgIpc) is 2.88. The number of nitrogens with one attached hydrogen (secondary N) is 1. The lowest BCUT2D eigenvalue weighted by Gasteiger charge is -2.30. The highest BCUT2D eigenvalue weighted by Gasteiger charge is 2.38. The number of benzene rings is 1. The van der Waals surface area contributed by atoms with Crippen LogP contribution in [0.3, 0.4) is 0 Å². The molecule has 2 unspecified atom stereocenters. The van der Waals surface area contributed by atoms with Gasteiger partial charge >= 0.3 is 6.61 Å². The molecular formula is C17H23F2NO3. The van der Waals surface area contributed by atoms with Gasteiger partial charge in [-0.3, -0.25) is 4.79 Å². The minimum Gasteiger partial charge on any atom is -0.435 e. The molecule has 0 saturated heterocycles. The third-order valence-electron chi connectivity index (χ3n) is 4.57. The molecule has 23 heavy (non-hydrogen) atoms. The number of rotatable bonds is 7. The number of aryl methyl sites for hydroxylation is 1. The molecule has 1 fully saturated rings. The van der Waals surface area contributed by atoms with Gasteiger partial charge in [0.25, 0.3) is 0 Å². The first-order valence-corrected chi connectivity index (χ1v) is 7.87. The maximum absolute atomic E-state index is 12.1. The van der Waals surface area contributed by atoms with E-state index in [1.165, 1.54) is 12.1 Å². The zero-order valence-electron chi connectivity index (χ0n) is 13.2. The van der Waals surface area contributed by atoms with Crippen molar-refractivity contribution in [3.8, 4) is 5.75 Å². The Labute approximate surface area is 134 Å². The van der Waals surface area contributed by atoms with Crippen LogP contribution in [0.25, 0.3) is 0 Å². The van der Waals surface area contributed by atoms with Crippen LogP contribution in [0.5, 0.6) is 5.75 Å². The van der Waals surface area contributed by atoms with Crippen LogP contribution < -0.4 is 10.1 Å². The number of halogens is 2. The Bertz CT molecular complexity index is 521. The molecule has 1 aliphatic carbocycles. The molecule has 4 nitrogen and oxygen atoms in total. The molecule has 0 spiro atoms. The highest BCUT2D eigenvalue weighted by molar-refractivity contribution is 5.76. The summed E-state index contributed by atoms with van der Waals surface area (Å²) in [6, 6.07) is 6.32. The molecular weight excluding hydrogens is 304 g/mol. The van der Waals surface area contributed by atoms with E-state index in [1.54, 1.807) is 12.1 Å². The highest BCUT2D eigenvalue weighted by atomic mass is 19.3. The smallest absolute Gasteiger partial charge is 0.387 e. The van der Waals surface area contributed by atoms with E-state index in [2.05, 4.69) is 10.1 Å². The van der Waals surface area contributed by atoms with E-state index in [4.69, 9.17) is 0 Å². The second-order valence-electron chi connectivity index (χ2n) is 6.35. The standard InChI is InChI=1S/C17H23F2NO3/c1-17(11-21)10-2-3-14(17)20-15(22)9-6-12-4-7-13(8-5-12)23-16(18)19/h4-5,7-8,14,16,21H,2-3,6,9-11H2,1H3,(H,20,22). The predicted molar refractivity (Wildman–Crippen MR) is 82.4 cm³/mol. The average molecular weight is 327 g/mol. The number of carbonyl (C=O) groups is 1. The van der Waals surface area contributed by atoms with E-state index in [-0.39, 0.29) is 29.7 Å². The number of amides is 1. The Morgan fingerprint density at radius 3 is 2.74 bits per heavy atom. The summed E-state index contributed by atoms with van der Waals surface area (Å²) in [5.41, 5.74) is 0.655. The Kier molecular flexibility index (Phi) is 5.93. The van der Waals surface area contributed by atoms with Gasteiger partial charge in [-0.25, -0.2) is 0 Å². The molecule has 2 rings (SSSR count). The molecule has 0 heterocycles. The lowest BCUT2D eigenvalue weighted by Crippen LogP contribution is -2.44. The Hall–Kier alpha value is -1.69. The molecule has 2 N–H and O–H groups in total. The number of hydrogen-bond acceptors (Lipinski definition) is 3. The van der Waals surface area contributed by atoms with Crippen LogP contribution in [-0.4, -0.2) is 30.3 Å². The Balaban J connectivity index is 1.80. The third kappa shape index (κ3) is 4.89. The molecule has 0 radical (unpaired) electrons. The van der Waals surface area contributed by atoms with Crippen molar-refractivity contribution in [2.75, 3.05) is 6.61 Å². The van der Waals surface area contributed by atoms with Crippen molar-refractivity contribution in [2.24, 2.45) is 5.41 Å². The van der Waals surface area contributed by atoms with E-state index >= 15 is 0 Å². The molecule has 0 aliphatic heterocycles. The van der Waals surface area contributed by atoms with Crippen molar-refractivity contribution in [1.82, 2.24) is 5.32 Å². The number of hydrogen-bond donors (Lipinski definition) is 2. The summed E-state index contributed by atoms with van der Waals surface area (Å²) >= 11 is 0. The van der Waals surface area contributed by atoms with Crippen molar-refractivity contribution in [3.63, 3.8) is 0 Å².